The molecule has 0 saturated heterocycles. The number of H-pyrrole nitrogens is 1. The fourth-order valence-corrected chi connectivity index (χ4v) is 1.09. The zero-order valence-electron chi connectivity index (χ0n) is 10.2. The van der Waals surface area contributed by atoms with E-state index in [0.717, 1.165) is 0 Å². The van der Waals surface area contributed by atoms with Crippen molar-refractivity contribution in [3.63, 3.8) is 0 Å². The van der Waals surface area contributed by atoms with E-state index in [2.05, 4.69) is 20.5 Å². The van der Waals surface area contributed by atoms with E-state index in [1.165, 1.54) is 6.92 Å². The topological polar surface area (TPSA) is 111 Å². The predicted molar refractivity (Wildman–Crippen MR) is 60.5 cm³/mol. The molecule has 0 saturated carbocycles. The van der Waals surface area contributed by atoms with Crippen LogP contribution < -0.4 is 5.32 Å². The van der Waals surface area contributed by atoms with Crippen molar-refractivity contribution in [2.75, 3.05) is 13.2 Å². The third kappa shape index (κ3) is 3.24. The first-order valence-corrected chi connectivity index (χ1v) is 5.38. The highest BCUT2D eigenvalue weighted by molar-refractivity contribution is 5.90. The molecule has 1 aromatic rings. The van der Waals surface area contributed by atoms with Crippen LogP contribution in [0.15, 0.2) is 0 Å². The van der Waals surface area contributed by atoms with Crippen LogP contribution >= 0.6 is 0 Å². The maximum atomic E-state index is 11.7. The molecule has 0 bridgehead atoms. The highest BCUT2D eigenvalue weighted by Gasteiger charge is 2.27. The Labute approximate surface area is 99.3 Å². The minimum atomic E-state index is -1.07. The van der Waals surface area contributed by atoms with Gasteiger partial charge in [-0.15, -0.1) is 5.10 Å². The Morgan fingerprint density at radius 2 is 2.06 bits per heavy atom. The van der Waals surface area contributed by atoms with Gasteiger partial charge in [0.05, 0.1) is 18.8 Å². The molecule has 7 heteroatoms. The Kier molecular flexibility index (Phi) is 4.19. The minimum absolute atomic E-state index is 0.00169. The summed E-state index contributed by atoms with van der Waals surface area (Å²) in [6, 6.07) is 0. The number of aromatic nitrogens is 3. The second-order valence-corrected chi connectivity index (χ2v) is 4.53. The Morgan fingerprint density at radius 1 is 1.47 bits per heavy atom. The Balaban J connectivity index is 2.76. The lowest BCUT2D eigenvalue weighted by Crippen LogP contribution is -2.52. The first-order chi connectivity index (χ1) is 7.91. The molecule has 0 fully saturated rings. The Hall–Kier alpha value is -1.47. The van der Waals surface area contributed by atoms with Gasteiger partial charge in [0.15, 0.2) is 0 Å². The average molecular weight is 242 g/mol. The lowest BCUT2D eigenvalue weighted by molar-refractivity contribution is 0.0715. The largest absolute Gasteiger partial charge is 0.394 e. The van der Waals surface area contributed by atoms with E-state index in [1.807, 2.05) is 13.8 Å². The highest BCUT2D eigenvalue weighted by Crippen LogP contribution is 2.08. The third-order valence-corrected chi connectivity index (χ3v) is 2.37. The summed E-state index contributed by atoms with van der Waals surface area (Å²) in [6.45, 7) is 4.65. The van der Waals surface area contributed by atoms with Gasteiger partial charge < -0.3 is 15.5 Å². The molecule has 1 aromatic heterocycles. The van der Waals surface area contributed by atoms with E-state index in [9.17, 15) is 4.79 Å². The van der Waals surface area contributed by atoms with Gasteiger partial charge in [0.2, 0.25) is 5.82 Å². The van der Waals surface area contributed by atoms with Crippen LogP contribution in [0.4, 0.5) is 0 Å². The summed E-state index contributed by atoms with van der Waals surface area (Å²) < 4.78 is 0. The number of hydrogen-bond acceptors (Lipinski definition) is 5. The van der Waals surface area contributed by atoms with Gasteiger partial charge in [-0.1, -0.05) is 13.8 Å². The number of carbonyl (C=O) groups excluding carboxylic acids is 1. The molecular weight excluding hydrogens is 224 g/mol. The number of hydrogen-bond donors (Lipinski definition) is 4. The van der Waals surface area contributed by atoms with Crippen LogP contribution in [-0.2, 0) is 0 Å². The SMILES string of the molecule is CC(C)c1nc(C(=O)NC(C)(CO)CO)n[nH]1. The molecule has 1 amide bonds. The number of amides is 1. The van der Waals surface area contributed by atoms with Crippen molar-refractivity contribution in [2.45, 2.75) is 32.2 Å². The van der Waals surface area contributed by atoms with Crippen LogP contribution in [0.1, 0.15) is 43.1 Å². The van der Waals surface area contributed by atoms with Gasteiger partial charge in [0.25, 0.3) is 5.91 Å². The molecule has 0 aliphatic heterocycles. The number of aliphatic hydroxyl groups excluding tert-OH is 2. The Morgan fingerprint density at radius 3 is 2.47 bits per heavy atom. The molecule has 7 nitrogen and oxygen atoms in total. The summed E-state index contributed by atoms with van der Waals surface area (Å²) in [7, 11) is 0. The van der Waals surface area contributed by atoms with E-state index in [0.29, 0.717) is 5.82 Å². The van der Waals surface area contributed by atoms with Gasteiger partial charge in [-0.25, -0.2) is 4.98 Å². The lowest BCUT2D eigenvalue weighted by Gasteiger charge is -2.25. The summed E-state index contributed by atoms with van der Waals surface area (Å²) >= 11 is 0. The van der Waals surface area contributed by atoms with Crippen molar-refractivity contribution in [1.29, 1.82) is 0 Å². The van der Waals surface area contributed by atoms with Crippen LogP contribution in [0.25, 0.3) is 0 Å². The number of carbonyl (C=O) groups is 1. The van der Waals surface area contributed by atoms with E-state index in [1.54, 1.807) is 0 Å². The highest BCUT2D eigenvalue weighted by atomic mass is 16.3. The van der Waals surface area contributed by atoms with Gasteiger partial charge in [-0.3, -0.25) is 9.89 Å². The lowest BCUT2D eigenvalue weighted by atomic mass is 10.1. The fraction of sp³-hybridized carbons (Fsp3) is 0.700. The zero-order chi connectivity index (χ0) is 13.1. The van der Waals surface area contributed by atoms with E-state index < -0.39 is 11.4 Å². The molecular formula is C10H18N4O3. The maximum Gasteiger partial charge on any atom is 0.291 e. The standard InChI is InChI=1S/C10H18N4O3/c1-6(2)7-11-8(14-13-7)9(17)12-10(3,4-15)5-16/h6,15-16H,4-5H2,1-3H3,(H,12,17)(H,11,13,14). The van der Waals surface area contributed by atoms with Crippen molar-refractivity contribution in [3.8, 4) is 0 Å². The van der Waals surface area contributed by atoms with E-state index in [-0.39, 0.29) is 25.0 Å². The van der Waals surface area contributed by atoms with Crippen LogP contribution in [0.2, 0.25) is 0 Å². The molecule has 17 heavy (non-hydrogen) atoms. The molecule has 0 atom stereocenters. The van der Waals surface area contributed by atoms with Crippen molar-refractivity contribution in [2.24, 2.45) is 0 Å². The molecule has 1 rings (SSSR count). The van der Waals surface area contributed by atoms with Crippen LogP contribution in [0.5, 0.6) is 0 Å². The van der Waals surface area contributed by atoms with Crippen molar-refractivity contribution >= 4 is 5.91 Å². The Bertz CT molecular complexity index is 385. The molecule has 0 aliphatic carbocycles. The monoisotopic (exact) mass is 242 g/mol. The summed E-state index contributed by atoms with van der Waals surface area (Å²) in [5, 5.41) is 27.0. The first kappa shape index (κ1) is 13.6. The number of nitrogens with one attached hydrogen (secondary N) is 2. The van der Waals surface area contributed by atoms with Crippen LogP contribution in [0.3, 0.4) is 0 Å². The molecule has 0 aliphatic rings. The van der Waals surface area contributed by atoms with Crippen LogP contribution in [-0.4, -0.2) is 50.1 Å². The molecule has 0 radical (unpaired) electrons. The number of rotatable bonds is 5. The zero-order valence-corrected chi connectivity index (χ0v) is 10.2. The average Bonchev–Trinajstić information content (AvgIpc) is 2.78. The van der Waals surface area contributed by atoms with Gasteiger partial charge in [-0.05, 0) is 6.92 Å². The van der Waals surface area contributed by atoms with Gasteiger partial charge in [0.1, 0.15) is 5.82 Å². The molecule has 0 spiro atoms. The smallest absolute Gasteiger partial charge is 0.291 e. The second-order valence-electron chi connectivity index (χ2n) is 4.53. The molecule has 96 valence electrons. The van der Waals surface area contributed by atoms with Gasteiger partial charge >= 0.3 is 0 Å². The molecule has 4 N–H and O–H groups in total. The number of aliphatic hydroxyl groups is 2. The first-order valence-electron chi connectivity index (χ1n) is 5.38. The second kappa shape index (κ2) is 5.24. The summed E-state index contributed by atoms with van der Waals surface area (Å²) in [4.78, 5) is 15.8. The normalized spacial score (nSPS) is 11.9. The maximum absolute atomic E-state index is 11.7. The fourth-order valence-electron chi connectivity index (χ4n) is 1.09. The summed E-state index contributed by atoms with van der Waals surface area (Å²) in [5.74, 6) is 0.233. The van der Waals surface area contributed by atoms with Gasteiger partial charge in [0, 0.05) is 5.92 Å². The van der Waals surface area contributed by atoms with Gasteiger partial charge in [-0.2, -0.15) is 0 Å². The minimum Gasteiger partial charge on any atom is -0.394 e. The van der Waals surface area contributed by atoms with E-state index >= 15 is 0 Å². The predicted octanol–water partition coefficient (Wildman–Crippen LogP) is -0.599. The van der Waals surface area contributed by atoms with Crippen molar-refractivity contribution in [1.82, 2.24) is 20.5 Å². The molecule has 0 unspecified atom stereocenters. The number of aromatic amines is 1. The molecule has 0 aromatic carbocycles. The molecule has 1 heterocycles. The van der Waals surface area contributed by atoms with Crippen molar-refractivity contribution in [3.05, 3.63) is 11.6 Å². The summed E-state index contributed by atoms with van der Waals surface area (Å²) in [5.41, 5.74) is -1.07. The third-order valence-electron chi connectivity index (χ3n) is 2.37. The number of nitrogens with zero attached hydrogens (tertiary/aromatic N) is 2. The quantitative estimate of drug-likeness (QED) is 0.551. The van der Waals surface area contributed by atoms with Crippen molar-refractivity contribution < 1.29 is 15.0 Å². The summed E-state index contributed by atoms with van der Waals surface area (Å²) in [6.07, 6.45) is 0. The van der Waals surface area contributed by atoms with Crippen LogP contribution in [0, 0.1) is 0 Å². The van der Waals surface area contributed by atoms with E-state index in [4.69, 9.17) is 10.2 Å².